The molecular weight excluding hydrogens is 114 g/mol. The van der Waals surface area contributed by atoms with Gasteiger partial charge >= 0.3 is 0 Å². The smallest absolute Gasteiger partial charge is 0.0334 e. The molecule has 0 fully saturated rings. The maximum atomic E-state index is 6.93. The summed E-state index contributed by atoms with van der Waals surface area (Å²) in [5.41, 5.74) is 0.692. The van der Waals surface area contributed by atoms with Gasteiger partial charge in [0.15, 0.2) is 0 Å². The number of anilines is 1. The number of para-hydroxylation sites is 1. The van der Waals surface area contributed by atoms with Crippen LogP contribution in [0.2, 0.25) is 0 Å². The molecule has 0 unspecified atom stereocenters. The van der Waals surface area contributed by atoms with Gasteiger partial charge < -0.3 is 11.0 Å². The number of benzene rings is 1. The van der Waals surface area contributed by atoms with Crippen LogP contribution in [0.4, 0.5) is 5.69 Å². The molecule has 1 aromatic rings. The molecule has 0 aliphatic heterocycles. The number of rotatable bonds is 1. The molecule has 0 aromatic heterocycles. The second-order valence-electron chi connectivity index (χ2n) is 1.71. The van der Waals surface area contributed by atoms with E-state index in [0.29, 0.717) is 5.69 Å². The summed E-state index contributed by atoms with van der Waals surface area (Å²) >= 11 is 0. The van der Waals surface area contributed by atoms with Gasteiger partial charge in [0.1, 0.15) is 0 Å². The zero-order valence-electron chi connectivity index (χ0n) is 4.91. The Kier molecular flexibility index (Phi) is 1.67. The lowest BCUT2D eigenvalue weighted by Crippen LogP contribution is -2.20. The van der Waals surface area contributed by atoms with Crippen LogP contribution in [0.1, 0.15) is 0 Å². The molecule has 9 heavy (non-hydrogen) atoms. The lowest BCUT2D eigenvalue weighted by molar-refractivity contribution is 1.09. The summed E-state index contributed by atoms with van der Waals surface area (Å²) in [5, 5.41) is 0.833. The van der Waals surface area contributed by atoms with E-state index in [0.717, 1.165) is 5.12 Å². The molecule has 3 heteroatoms. The molecule has 48 valence electrons. The fourth-order valence-electron chi connectivity index (χ4n) is 0.589. The predicted molar refractivity (Wildman–Crippen MR) is 37.4 cm³/mol. The van der Waals surface area contributed by atoms with Crippen molar-refractivity contribution in [3.8, 4) is 0 Å². The first kappa shape index (κ1) is 6.07. The fourth-order valence-corrected chi connectivity index (χ4v) is 0.589. The van der Waals surface area contributed by atoms with Gasteiger partial charge in [-0.05, 0) is 12.1 Å². The van der Waals surface area contributed by atoms with Crippen LogP contribution in [0.5, 0.6) is 0 Å². The van der Waals surface area contributed by atoms with Crippen molar-refractivity contribution in [1.82, 2.24) is 0 Å². The van der Waals surface area contributed by atoms with Gasteiger partial charge in [-0.15, -0.1) is 0 Å². The van der Waals surface area contributed by atoms with E-state index in [1.807, 2.05) is 18.2 Å². The summed E-state index contributed by atoms with van der Waals surface area (Å²) in [7, 11) is 0. The van der Waals surface area contributed by atoms with E-state index >= 15 is 0 Å². The van der Waals surface area contributed by atoms with Gasteiger partial charge in [-0.25, -0.2) is 0 Å². The molecule has 1 aromatic carbocycles. The second kappa shape index (κ2) is 2.48. The Bertz CT molecular complexity index is 171. The molecule has 0 amide bonds. The van der Waals surface area contributed by atoms with Crippen LogP contribution in [-0.4, -0.2) is 0 Å². The van der Waals surface area contributed by atoms with Crippen molar-refractivity contribution in [2.75, 3.05) is 5.12 Å². The van der Waals surface area contributed by atoms with Crippen LogP contribution in [0.15, 0.2) is 30.3 Å². The minimum absolute atomic E-state index is 0.692. The largest absolute Gasteiger partial charge is 0.567 e. The highest BCUT2D eigenvalue weighted by Crippen LogP contribution is 2.07. The molecule has 3 N–H and O–H groups in total. The van der Waals surface area contributed by atoms with E-state index in [1.54, 1.807) is 12.1 Å². The molecule has 0 radical (unpaired) electrons. The highest BCUT2D eigenvalue weighted by Gasteiger charge is 1.82. The van der Waals surface area contributed by atoms with Crippen LogP contribution in [-0.2, 0) is 0 Å². The molecule has 3 nitrogen and oxygen atoms in total. The number of nitrogens with one attached hydrogen (secondary N) is 1. The molecule has 0 saturated carbocycles. The number of hydrazine groups is 1. The summed E-state index contributed by atoms with van der Waals surface area (Å²) < 4.78 is 0. The average molecular weight is 122 g/mol. The molecule has 1 rings (SSSR count). The average Bonchev–Trinajstić information content (AvgIpc) is 1.90. The highest BCUT2D eigenvalue weighted by molar-refractivity contribution is 5.44. The third-order valence-corrected chi connectivity index (χ3v) is 1.03. The van der Waals surface area contributed by atoms with E-state index in [4.69, 9.17) is 11.7 Å². The summed E-state index contributed by atoms with van der Waals surface area (Å²) in [6.07, 6.45) is 0. The van der Waals surface area contributed by atoms with Crippen molar-refractivity contribution in [2.24, 2.45) is 5.84 Å². The van der Waals surface area contributed by atoms with E-state index in [-0.39, 0.29) is 0 Å². The number of hydrogen-bond acceptors (Lipinski definition) is 2. The number of nitrogens with two attached hydrogens (primary N) is 1. The standard InChI is InChI=1S/C6H8N3/c7-9(8)6-4-2-1-3-5-6/h1-5,7H,8H2/q-1. The minimum atomic E-state index is 0.692. The first-order valence-corrected chi connectivity index (χ1v) is 2.62. The summed E-state index contributed by atoms with van der Waals surface area (Å²) in [6.45, 7) is 0. The molecule has 0 bridgehead atoms. The molecule has 0 saturated heterocycles. The van der Waals surface area contributed by atoms with Gasteiger partial charge in [0.2, 0.25) is 0 Å². The highest BCUT2D eigenvalue weighted by atomic mass is 15.6. The normalized spacial score (nSPS) is 9.11. The van der Waals surface area contributed by atoms with Crippen LogP contribution < -0.4 is 11.0 Å². The van der Waals surface area contributed by atoms with Gasteiger partial charge in [0.25, 0.3) is 0 Å². The van der Waals surface area contributed by atoms with E-state index in [1.165, 1.54) is 0 Å². The molecule has 0 heterocycles. The zero-order chi connectivity index (χ0) is 6.69. The van der Waals surface area contributed by atoms with Gasteiger partial charge in [-0.1, -0.05) is 18.2 Å². The van der Waals surface area contributed by atoms with E-state index < -0.39 is 0 Å². The molecule has 0 atom stereocenters. The Morgan fingerprint density at radius 2 is 1.78 bits per heavy atom. The second-order valence-corrected chi connectivity index (χ2v) is 1.71. The van der Waals surface area contributed by atoms with E-state index in [2.05, 4.69) is 0 Å². The lowest BCUT2D eigenvalue weighted by Gasteiger charge is -2.21. The lowest BCUT2D eigenvalue weighted by atomic mass is 10.3. The molecular formula is C6H8N3-. The van der Waals surface area contributed by atoms with Gasteiger partial charge in [0.05, 0.1) is 0 Å². The van der Waals surface area contributed by atoms with Crippen LogP contribution in [0.25, 0.3) is 5.84 Å². The van der Waals surface area contributed by atoms with Crippen molar-refractivity contribution in [2.45, 2.75) is 0 Å². The van der Waals surface area contributed by atoms with Crippen LogP contribution in [0.3, 0.4) is 0 Å². The Morgan fingerprint density at radius 1 is 1.22 bits per heavy atom. The SMILES string of the molecule is [NH-]N(N)c1ccccc1. The molecule has 0 aliphatic carbocycles. The summed E-state index contributed by atoms with van der Waals surface area (Å²) in [5.74, 6) is 12.0. The summed E-state index contributed by atoms with van der Waals surface area (Å²) in [4.78, 5) is 0. The predicted octanol–water partition coefficient (Wildman–Crippen LogP) is 1.33. The van der Waals surface area contributed by atoms with Gasteiger partial charge in [-0.2, -0.15) is 0 Å². The van der Waals surface area contributed by atoms with Crippen LogP contribution >= 0.6 is 0 Å². The van der Waals surface area contributed by atoms with Crippen molar-refractivity contribution in [3.63, 3.8) is 0 Å². The van der Waals surface area contributed by atoms with Crippen molar-refractivity contribution < 1.29 is 0 Å². The third-order valence-electron chi connectivity index (χ3n) is 1.03. The first-order valence-electron chi connectivity index (χ1n) is 2.62. The maximum absolute atomic E-state index is 6.93. The Labute approximate surface area is 53.8 Å². The van der Waals surface area contributed by atoms with Crippen molar-refractivity contribution in [3.05, 3.63) is 36.2 Å². The Balaban J connectivity index is 2.85. The topological polar surface area (TPSA) is 53.1 Å². The fraction of sp³-hybridized carbons (Fsp3) is 0. The Morgan fingerprint density at radius 3 is 2.11 bits per heavy atom. The maximum Gasteiger partial charge on any atom is 0.0334 e. The minimum Gasteiger partial charge on any atom is -0.567 e. The first-order chi connectivity index (χ1) is 4.30. The third kappa shape index (κ3) is 1.42. The van der Waals surface area contributed by atoms with Crippen molar-refractivity contribution >= 4 is 5.69 Å². The quantitative estimate of drug-likeness (QED) is 0.451. The monoisotopic (exact) mass is 122 g/mol. The number of hydrogen-bond donors (Lipinski definition) is 1. The zero-order valence-corrected chi connectivity index (χ0v) is 4.91. The molecule has 0 aliphatic rings. The Hall–Kier alpha value is -1.06. The van der Waals surface area contributed by atoms with Crippen LogP contribution in [0, 0.1) is 0 Å². The van der Waals surface area contributed by atoms with E-state index in [9.17, 15) is 0 Å². The van der Waals surface area contributed by atoms with Gasteiger partial charge in [0, 0.05) is 5.69 Å². The number of nitrogens with zero attached hydrogens (tertiary/aromatic N) is 1. The van der Waals surface area contributed by atoms with Crippen molar-refractivity contribution in [1.29, 1.82) is 0 Å². The van der Waals surface area contributed by atoms with Gasteiger partial charge in [-0.3, -0.25) is 5.84 Å². The summed E-state index contributed by atoms with van der Waals surface area (Å²) in [6, 6.07) is 9.10. The molecule has 0 spiro atoms.